The first-order valence-corrected chi connectivity index (χ1v) is 6.60. The van der Waals surface area contributed by atoms with Crippen LogP contribution in [0.2, 0.25) is 0 Å². The van der Waals surface area contributed by atoms with Gasteiger partial charge in [0.2, 0.25) is 0 Å². The fourth-order valence-corrected chi connectivity index (χ4v) is 3.03. The van der Waals surface area contributed by atoms with Crippen LogP contribution in [0.1, 0.15) is 54.9 Å². The molecule has 92 valence electrons. The predicted molar refractivity (Wildman–Crippen MR) is 73.3 cm³/mol. The van der Waals surface area contributed by atoms with E-state index in [0.717, 1.165) is 12.8 Å². The van der Waals surface area contributed by atoms with Crippen LogP contribution in [-0.4, -0.2) is 5.11 Å². The molecule has 1 aromatic carbocycles. The molecule has 0 amide bonds. The van der Waals surface area contributed by atoms with Crippen molar-refractivity contribution in [1.82, 2.24) is 0 Å². The smallest absolute Gasteiger partial charge is 0.101 e. The Bertz CT molecular complexity index is 453. The maximum Gasteiger partial charge on any atom is 0.101 e. The van der Waals surface area contributed by atoms with E-state index in [4.69, 9.17) is 0 Å². The standard InChI is InChI=1S/C16H22O/c1-5-12(6-2)16-14(17)9-13-8-7-10(3)11(4)15(13)16/h7-9,12,16-17H,5-6H2,1-4H3. The van der Waals surface area contributed by atoms with Crippen LogP contribution in [0.4, 0.5) is 0 Å². The van der Waals surface area contributed by atoms with Crippen molar-refractivity contribution in [2.75, 3.05) is 0 Å². The third-order valence-corrected chi connectivity index (χ3v) is 4.27. The molecule has 1 atom stereocenters. The highest BCUT2D eigenvalue weighted by Crippen LogP contribution is 2.44. The molecule has 0 aromatic heterocycles. The number of hydrogen-bond acceptors (Lipinski definition) is 1. The molecule has 0 heterocycles. The summed E-state index contributed by atoms with van der Waals surface area (Å²) < 4.78 is 0. The summed E-state index contributed by atoms with van der Waals surface area (Å²) in [6, 6.07) is 4.28. The van der Waals surface area contributed by atoms with Crippen LogP contribution in [0, 0.1) is 19.8 Å². The van der Waals surface area contributed by atoms with E-state index in [1.807, 2.05) is 6.08 Å². The molecule has 0 aliphatic heterocycles. The molecule has 1 aliphatic rings. The second-order valence-electron chi connectivity index (χ2n) is 5.13. The summed E-state index contributed by atoms with van der Waals surface area (Å²) in [5, 5.41) is 10.2. The van der Waals surface area contributed by atoms with Gasteiger partial charge in [0, 0.05) is 5.92 Å². The summed E-state index contributed by atoms with van der Waals surface area (Å²) in [4.78, 5) is 0. The van der Waals surface area contributed by atoms with Crippen LogP contribution in [-0.2, 0) is 0 Å². The van der Waals surface area contributed by atoms with Crippen LogP contribution < -0.4 is 0 Å². The topological polar surface area (TPSA) is 20.2 Å². The van der Waals surface area contributed by atoms with Crippen molar-refractivity contribution >= 4 is 6.08 Å². The van der Waals surface area contributed by atoms with Gasteiger partial charge in [-0.05, 0) is 48.1 Å². The van der Waals surface area contributed by atoms with Crippen LogP contribution >= 0.6 is 0 Å². The largest absolute Gasteiger partial charge is 0.512 e. The lowest BCUT2D eigenvalue weighted by molar-refractivity contribution is 0.313. The number of aliphatic hydroxyl groups excluding tert-OH is 1. The number of rotatable bonds is 3. The van der Waals surface area contributed by atoms with E-state index in [0.29, 0.717) is 11.7 Å². The minimum Gasteiger partial charge on any atom is -0.512 e. The average molecular weight is 230 g/mol. The zero-order valence-electron chi connectivity index (χ0n) is 11.2. The molecule has 0 saturated carbocycles. The number of benzene rings is 1. The molecule has 1 nitrogen and oxygen atoms in total. The Morgan fingerprint density at radius 2 is 1.82 bits per heavy atom. The average Bonchev–Trinajstić information content (AvgIpc) is 2.64. The van der Waals surface area contributed by atoms with Crippen molar-refractivity contribution < 1.29 is 5.11 Å². The quantitative estimate of drug-likeness (QED) is 0.795. The molecule has 0 fully saturated rings. The van der Waals surface area contributed by atoms with Gasteiger partial charge in [-0.3, -0.25) is 0 Å². The fourth-order valence-electron chi connectivity index (χ4n) is 3.03. The Labute approximate surface area is 104 Å². The van der Waals surface area contributed by atoms with Gasteiger partial charge in [-0.25, -0.2) is 0 Å². The highest BCUT2D eigenvalue weighted by atomic mass is 16.3. The molecule has 1 heteroatoms. The van der Waals surface area contributed by atoms with Crippen molar-refractivity contribution in [1.29, 1.82) is 0 Å². The van der Waals surface area contributed by atoms with E-state index < -0.39 is 0 Å². The summed E-state index contributed by atoms with van der Waals surface area (Å²) in [7, 11) is 0. The van der Waals surface area contributed by atoms with Gasteiger partial charge < -0.3 is 5.11 Å². The highest BCUT2D eigenvalue weighted by Gasteiger charge is 2.32. The Morgan fingerprint density at radius 1 is 1.18 bits per heavy atom. The van der Waals surface area contributed by atoms with Crippen molar-refractivity contribution in [2.45, 2.75) is 46.5 Å². The Balaban J connectivity index is 2.53. The summed E-state index contributed by atoms with van der Waals surface area (Å²) in [6.07, 6.45) is 4.18. The first-order valence-electron chi connectivity index (χ1n) is 6.60. The summed E-state index contributed by atoms with van der Waals surface area (Å²) in [5.74, 6) is 1.33. The molecule has 1 N–H and O–H groups in total. The Hall–Kier alpha value is -1.24. The fraction of sp³-hybridized carbons (Fsp3) is 0.500. The van der Waals surface area contributed by atoms with Crippen molar-refractivity contribution in [3.05, 3.63) is 40.1 Å². The van der Waals surface area contributed by atoms with Crippen LogP contribution in [0.5, 0.6) is 0 Å². The lowest BCUT2D eigenvalue weighted by Crippen LogP contribution is -2.13. The summed E-state index contributed by atoms with van der Waals surface area (Å²) in [5.41, 5.74) is 5.24. The van der Waals surface area contributed by atoms with Gasteiger partial charge in [0.1, 0.15) is 5.76 Å². The molecule has 1 aromatic rings. The predicted octanol–water partition coefficient (Wildman–Crippen LogP) is 4.74. The highest BCUT2D eigenvalue weighted by molar-refractivity contribution is 5.67. The summed E-state index contributed by atoms with van der Waals surface area (Å²) >= 11 is 0. The van der Waals surface area contributed by atoms with Gasteiger partial charge in [-0.1, -0.05) is 38.8 Å². The maximum atomic E-state index is 10.2. The monoisotopic (exact) mass is 230 g/mol. The molecule has 1 unspecified atom stereocenters. The zero-order valence-corrected chi connectivity index (χ0v) is 11.2. The second-order valence-corrected chi connectivity index (χ2v) is 5.13. The van der Waals surface area contributed by atoms with Gasteiger partial charge in [-0.15, -0.1) is 0 Å². The number of aliphatic hydroxyl groups is 1. The minimum absolute atomic E-state index is 0.222. The number of hydrogen-bond donors (Lipinski definition) is 1. The van der Waals surface area contributed by atoms with E-state index in [1.54, 1.807) is 0 Å². The minimum atomic E-state index is 0.222. The number of fused-ring (bicyclic) bond motifs is 1. The number of allylic oxidation sites excluding steroid dienone is 1. The van der Waals surface area contributed by atoms with Gasteiger partial charge in [-0.2, -0.15) is 0 Å². The van der Waals surface area contributed by atoms with E-state index in [-0.39, 0.29) is 5.92 Å². The molecule has 0 bridgehead atoms. The molecular weight excluding hydrogens is 208 g/mol. The molecule has 2 rings (SSSR count). The SMILES string of the molecule is CCC(CC)C1C(O)=Cc2ccc(C)c(C)c21. The Kier molecular flexibility index (Phi) is 3.28. The molecule has 1 aliphatic carbocycles. The molecule has 0 saturated heterocycles. The van der Waals surface area contributed by atoms with Gasteiger partial charge in [0.05, 0.1) is 0 Å². The van der Waals surface area contributed by atoms with E-state index >= 15 is 0 Å². The van der Waals surface area contributed by atoms with Crippen molar-refractivity contribution in [3.8, 4) is 0 Å². The lowest BCUT2D eigenvalue weighted by atomic mass is 9.81. The molecule has 17 heavy (non-hydrogen) atoms. The Morgan fingerprint density at radius 3 is 2.41 bits per heavy atom. The third-order valence-electron chi connectivity index (χ3n) is 4.27. The van der Waals surface area contributed by atoms with Crippen LogP contribution in [0.3, 0.4) is 0 Å². The molecular formula is C16H22O. The van der Waals surface area contributed by atoms with Gasteiger partial charge in [0.25, 0.3) is 0 Å². The first-order chi connectivity index (χ1) is 8.10. The maximum absolute atomic E-state index is 10.2. The van der Waals surface area contributed by atoms with Crippen molar-refractivity contribution in [2.24, 2.45) is 5.92 Å². The second kappa shape index (κ2) is 4.56. The van der Waals surface area contributed by atoms with Gasteiger partial charge in [0.15, 0.2) is 0 Å². The van der Waals surface area contributed by atoms with E-state index in [9.17, 15) is 5.11 Å². The van der Waals surface area contributed by atoms with Crippen LogP contribution in [0.15, 0.2) is 17.9 Å². The molecule has 0 radical (unpaired) electrons. The van der Waals surface area contributed by atoms with Crippen LogP contribution in [0.25, 0.3) is 6.08 Å². The molecule has 0 spiro atoms. The van der Waals surface area contributed by atoms with Crippen molar-refractivity contribution in [3.63, 3.8) is 0 Å². The normalized spacial score (nSPS) is 18.4. The van der Waals surface area contributed by atoms with E-state index in [1.165, 1.54) is 22.3 Å². The summed E-state index contributed by atoms with van der Waals surface area (Å²) in [6.45, 7) is 8.75. The van der Waals surface area contributed by atoms with Gasteiger partial charge >= 0.3 is 0 Å². The van der Waals surface area contributed by atoms with E-state index in [2.05, 4.69) is 39.8 Å². The number of aryl methyl sites for hydroxylation is 1. The zero-order chi connectivity index (χ0) is 12.6. The third kappa shape index (κ3) is 1.88. The first kappa shape index (κ1) is 12.2. The lowest BCUT2D eigenvalue weighted by Gasteiger charge is -2.24.